The van der Waals surface area contributed by atoms with Gasteiger partial charge < -0.3 is 14.8 Å². The van der Waals surface area contributed by atoms with E-state index in [0.717, 1.165) is 16.5 Å². The van der Waals surface area contributed by atoms with E-state index in [2.05, 4.69) is 9.88 Å². The number of carbonyl (C=O) groups is 1. The number of esters is 1. The van der Waals surface area contributed by atoms with Crippen molar-refractivity contribution in [1.82, 2.24) is 9.88 Å². The highest BCUT2D eigenvalue weighted by Crippen LogP contribution is 2.32. The first-order valence-corrected chi connectivity index (χ1v) is 14.3. The summed E-state index contributed by atoms with van der Waals surface area (Å²) in [6.07, 6.45) is 0. The molecule has 0 radical (unpaired) electrons. The number of aromatic nitrogens is 1. The van der Waals surface area contributed by atoms with E-state index in [1.807, 2.05) is 54.6 Å². The van der Waals surface area contributed by atoms with Gasteiger partial charge in [0.25, 0.3) is 0 Å². The van der Waals surface area contributed by atoms with Crippen LogP contribution in [-0.2, 0) is 21.1 Å². The van der Waals surface area contributed by atoms with Crippen LogP contribution in [0.3, 0.4) is 0 Å². The lowest BCUT2D eigenvalue weighted by Crippen LogP contribution is -2.39. The molecule has 196 valence electrons. The Morgan fingerprint density at radius 1 is 1.00 bits per heavy atom. The Morgan fingerprint density at radius 2 is 1.71 bits per heavy atom. The summed E-state index contributed by atoms with van der Waals surface area (Å²) in [6.45, 7) is 3.79. The third-order valence-electron chi connectivity index (χ3n) is 6.59. The minimum absolute atomic E-state index is 0.0414. The molecule has 4 aromatic rings. The average molecular weight is 532 g/mol. The van der Waals surface area contributed by atoms with Crippen LogP contribution in [0.15, 0.2) is 77.8 Å². The normalized spacial score (nSPS) is 16.0. The lowest BCUT2D eigenvalue weighted by atomic mass is 10.00. The summed E-state index contributed by atoms with van der Waals surface area (Å²) in [4.78, 5) is 22.3. The number of carbonyl (C=O) groups excluding carboxylic acids is 1. The van der Waals surface area contributed by atoms with Gasteiger partial charge in [0, 0.05) is 36.1 Å². The summed E-state index contributed by atoms with van der Waals surface area (Å²) < 4.78 is 28.5. The van der Waals surface area contributed by atoms with Crippen molar-refractivity contribution in [3.8, 4) is 5.88 Å². The summed E-state index contributed by atoms with van der Waals surface area (Å²) in [6, 6.07) is 22.6. The fourth-order valence-electron chi connectivity index (χ4n) is 4.60. The van der Waals surface area contributed by atoms with Gasteiger partial charge in [0.1, 0.15) is 0 Å². The minimum Gasteiger partial charge on any atom is -0.494 e. The first-order valence-electron chi connectivity index (χ1n) is 12.5. The molecule has 5 rings (SSSR count). The predicted octanol–water partition coefficient (Wildman–Crippen LogP) is 4.45. The van der Waals surface area contributed by atoms with Crippen molar-refractivity contribution in [2.75, 3.05) is 31.2 Å². The molecule has 0 unspecified atom stereocenters. The van der Waals surface area contributed by atoms with E-state index >= 15 is 0 Å². The molecule has 0 bridgehead atoms. The maximum Gasteiger partial charge on any atom is 0.338 e. The number of hydrogen-bond acceptors (Lipinski definition) is 7. The second kappa shape index (κ2) is 10.8. The SMILES string of the molecule is CCOC(=O)c1ccc2c(C(=Nc3ccc(CN4CCS(=O)(=O)CC4)cc3)c3ccccc3)c(O)[nH]c2c1. The number of H-pyrrole nitrogens is 1. The molecule has 0 atom stereocenters. The second-order valence-electron chi connectivity index (χ2n) is 9.25. The fourth-order valence-corrected chi connectivity index (χ4v) is 5.87. The zero-order valence-corrected chi connectivity index (χ0v) is 21.9. The molecular weight excluding hydrogens is 502 g/mol. The fraction of sp³-hybridized carbons (Fsp3) is 0.241. The van der Waals surface area contributed by atoms with Gasteiger partial charge in [-0.25, -0.2) is 18.2 Å². The summed E-state index contributed by atoms with van der Waals surface area (Å²) in [5.41, 5.74) is 4.75. The van der Waals surface area contributed by atoms with Crippen molar-refractivity contribution in [1.29, 1.82) is 0 Å². The molecule has 9 heteroatoms. The minimum atomic E-state index is -2.91. The number of benzene rings is 3. The van der Waals surface area contributed by atoms with Gasteiger partial charge in [-0.15, -0.1) is 0 Å². The molecule has 3 aromatic carbocycles. The maximum absolute atomic E-state index is 12.2. The third-order valence-corrected chi connectivity index (χ3v) is 8.20. The standard InChI is InChI=1S/C29H29N3O5S/c1-2-37-29(34)22-10-13-24-25(18-22)31-28(33)26(24)27(21-6-4-3-5-7-21)30-23-11-8-20(9-12-23)19-32-14-16-38(35,36)17-15-32/h3-13,18,31,33H,2,14-17,19H2,1H3. The van der Waals surface area contributed by atoms with E-state index in [9.17, 15) is 18.3 Å². The number of aromatic hydroxyl groups is 1. The summed E-state index contributed by atoms with van der Waals surface area (Å²) in [5.74, 6) is -0.0651. The van der Waals surface area contributed by atoms with Gasteiger partial charge in [0.2, 0.25) is 0 Å². The Balaban J connectivity index is 1.48. The molecule has 2 N–H and O–H groups in total. The molecule has 1 saturated heterocycles. The summed E-state index contributed by atoms with van der Waals surface area (Å²) >= 11 is 0. The molecule has 1 aliphatic heterocycles. The molecule has 8 nitrogen and oxygen atoms in total. The lowest BCUT2D eigenvalue weighted by Gasteiger charge is -2.26. The van der Waals surface area contributed by atoms with Crippen LogP contribution in [0.25, 0.3) is 10.9 Å². The molecule has 0 aliphatic carbocycles. The molecule has 0 spiro atoms. The van der Waals surface area contributed by atoms with Gasteiger partial charge in [-0.05, 0) is 36.8 Å². The van der Waals surface area contributed by atoms with Crippen LogP contribution in [0.4, 0.5) is 5.69 Å². The van der Waals surface area contributed by atoms with E-state index in [-0.39, 0.29) is 24.0 Å². The average Bonchev–Trinajstić information content (AvgIpc) is 3.24. The highest BCUT2D eigenvalue weighted by molar-refractivity contribution is 7.91. The van der Waals surface area contributed by atoms with Crippen molar-refractivity contribution in [3.05, 3.63) is 95.1 Å². The predicted molar refractivity (Wildman–Crippen MR) is 148 cm³/mol. The number of sulfone groups is 1. The van der Waals surface area contributed by atoms with E-state index in [4.69, 9.17) is 9.73 Å². The van der Waals surface area contributed by atoms with Gasteiger partial charge in [0.05, 0.1) is 40.6 Å². The second-order valence-corrected chi connectivity index (χ2v) is 11.6. The lowest BCUT2D eigenvalue weighted by molar-refractivity contribution is 0.0526. The summed E-state index contributed by atoms with van der Waals surface area (Å²) in [7, 11) is -2.91. The Hall–Kier alpha value is -3.95. The van der Waals surface area contributed by atoms with E-state index < -0.39 is 15.8 Å². The molecule has 1 aliphatic rings. The van der Waals surface area contributed by atoms with Crippen molar-refractivity contribution >= 4 is 38.1 Å². The van der Waals surface area contributed by atoms with Crippen molar-refractivity contribution in [3.63, 3.8) is 0 Å². The Morgan fingerprint density at radius 3 is 2.39 bits per heavy atom. The maximum atomic E-state index is 12.2. The number of aromatic amines is 1. The number of hydrogen-bond donors (Lipinski definition) is 2. The monoisotopic (exact) mass is 531 g/mol. The zero-order chi connectivity index (χ0) is 26.7. The van der Waals surface area contributed by atoms with E-state index in [1.165, 1.54) is 0 Å². The quantitative estimate of drug-likeness (QED) is 0.269. The Kier molecular flexibility index (Phi) is 7.31. The number of nitrogens with zero attached hydrogens (tertiary/aromatic N) is 2. The van der Waals surface area contributed by atoms with Crippen molar-refractivity contribution in [2.24, 2.45) is 4.99 Å². The highest BCUT2D eigenvalue weighted by Gasteiger charge is 2.22. The Labute approximate surface area is 221 Å². The number of aliphatic imine (C=N–C) groups is 1. The number of fused-ring (bicyclic) bond motifs is 1. The van der Waals surface area contributed by atoms with Gasteiger partial charge in [0.15, 0.2) is 15.7 Å². The van der Waals surface area contributed by atoms with Crippen LogP contribution < -0.4 is 0 Å². The molecule has 1 fully saturated rings. The van der Waals surface area contributed by atoms with E-state index in [0.29, 0.717) is 47.7 Å². The van der Waals surface area contributed by atoms with Crippen LogP contribution in [0.2, 0.25) is 0 Å². The molecule has 2 heterocycles. The van der Waals surface area contributed by atoms with Crippen LogP contribution in [0.5, 0.6) is 5.88 Å². The van der Waals surface area contributed by atoms with Gasteiger partial charge in [-0.2, -0.15) is 0 Å². The topological polar surface area (TPSA) is 112 Å². The number of nitrogens with one attached hydrogen (secondary N) is 1. The van der Waals surface area contributed by atoms with Gasteiger partial charge >= 0.3 is 5.97 Å². The first kappa shape index (κ1) is 25.7. The third kappa shape index (κ3) is 5.64. The molecule has 0 amide bonds. The molecule has 1 aromatic heterocycles. The molecule has 38 heavy (non-hydrogen) atoms. The zero-order valence-electron chi connectivity index (χ0n) is 21.1. The van der Waals surface area contributed by atoms with Crippen LogP contribution in [0, 0.1) is 0 Å². The van der Waals surface area contributed by atoms with Gasteiger partial charge in [-0.1, -0.05) is 48.5 Å². The number of ether oxygens (including phenoxy) is 1. The van der Waals surface area contributed by atoms with Crippen molar-refractivity contribution < 1.29 is 23.1 Å². The van der Waals surface area contributed by atoms with Crippen LogP contribution in [-0.4, -0.2) is 66.3 Å². The molecule has 0 saturated carbocycles. The van der Waals surface area contributed by atoms with Gasteiger partial charge in [-0.3, -0.25) is 4.90 Å². The highest BCUT2D eigenvalue weighted by atomic mass is 32.2. The smallest absolute Gasteiger partial charge is 0.338 e. The van der Waals surface area contributed by atoms with Crippen LogP contribution >= 0.6 is 0 Å². The summed E-state index contributed by atoms with van der Waals surface area (Å²) in [5, 5.41) is 11.7. The Bertz CT molecular complexity index is 1580. The van der Waals surface area contributed by atoms with Crippen LogP contribution in [0.1, 0.15) is 34.0 Å². The first-order chi connectivity index (χ1) is 18.3. The molecular formula is C29H29N3O5S. The van der Waals surface area contributed by atoms with Crippen molar-refractivity contribution in [2.45, 2.75) is 13.5 Å². The van der Waals surface area contributed by atoms with E-state index in [1.54, 1.807) is 25.1 Å². The largest absolute Gasteiger partial charge is 0.494 e. The number of rotatable bonds is 7.